The number of alkyl halides is 3. The minimum Gasteiger partial charge on any atom is -0.381 e. The highest BCUT2D eigenvalue weighted by molar-refractivity contribution is 6.22. The van der Waals surface area contributed by atoms with E-state index in [0.29, 0.717) is 10.8 Å². The Labute approximate surface area is 95.5 Å². The molecule has 0 fully saturated rings. The third kappa shape index (κ3) is 1.99. The Morgan fingerprint density at radius 2 is 1.94 bits per heavy atom. The van der Waals surface area contributed by atoms with Crippen LogP contribution in [0.25, 0.3) is 10.8 Å². The van der Waals surface area contributed by atoms with Crippen LogP contribution in [0.1, 0.15) is 11.7 Å². The Morgan fingerprint density at radius 1 is 1.25 bits per heavy atom. The van der Waals surface area contributed by atoms with Gasteiger partial charge in [0.15, 0.2) is 6.10 Å². The summed E-state index contributed by atoms with van der Waals surface area (Å²) in [5.41, 5.74) is 0.0260. The molecule has 0 amide bonds. The second-order valence-corrected chi connectivity index (χ2v) is 3.90. The average molecular weight is 244 g/mol. The molecule has 0 bridgehead atoms. The third-order valence-electron chi connectivity index (χ3n) is 2.30. The van der Waals surface area contributed by atoms with Crippen LogP contribution in [0.4, 0.5) is 8.78 Å². The number of aliphatic hydroxyl groups is 1. The fourth-order valence-corrected chi connectivity index (χ4v) is 1.65. The van der Waals surface area contributed by atoms with Crippen molar-refractivity contribution >= 4 is 22.4 Å². The molecule has 0 aliphatic heterocycles. The van der Waals surface area contributed by atoms with Crippen molar-refractivity contribution in [3.63, 3.8) is 0 Å². The van der Waals surface area contributed by atoms with Gasteiger partial charge in [0, 0.05) is 23.3 Å². The quantitative estimate of drug-likeness (QED) is 0.823. The van der Waals surface area contributed by atoms with Gasteiger partial charge < -0.3 is 5.11 Å². The van der Waals surface area contributed by atoms with Gasteiger partial charge in [-0.1, -0.05) is 24.3 Å². The lowest BCUT2D eigenvalue weighted by Gasteiger charge is -2.17. The molecular formula is C11H8ClF2NO. The maximum absolute atomic E-state index is 12.8. The average Bonchev–Trinajstić information content (AvgIpc) is 2.26. The summed E-state index contributed by atoms with van der Waals surface area (Å²) >= 11 is 4.81. The summed E-state index contributed by atoms with van der Waals surface area (Å²) < 4.78 is 25.6. The van der Waals surface area contributed by atoms with Crippen molar-refractivity contribution in [1.29, 1.82) is 0 Å². The number of benzene rings is 1. The first-order chi connectivity index (χ1) is 7.50. The van der Waals surface area contributed by atoms with Crippen molar-refractivity contribution in [3.8, 4) is 0 Å². The highest BCUT2D eigenvalue weighted by Gasteiger charge is 2.37. The summed E-state index contributed by atoms with van der Waals surface area (Å²) in [5.74, 6) is 0. The second-order valence-electron chi connectivity index (χ2n) is 3.39. The predicted molar refractivity (Wildman–Crippen MR) is 57.5 cm³/mol. The van der Waals surface area contributed by atoms with E-state index in [1.807, 2.05) is 0 Å². The summed E-state index contributed by atoms with van der Waals surface area (Å²) in [7, 11) is 0. The molecule has 2 nitrogen and oxygen atoms in total. The maximum atomic E-state index is 12.8. The number of aromatic nitrogens is 1. The number of halogens is 3. The zero-order chi connectivity index (χ0) is 11.8. The van der Waals surface area contributed by atoms with E-state index in [2.05, 4.69) is 4.98 Å². The Morgan fingerprint density at radius 3 is 2.62 bits per heavy atom. The molecule has 1 heterocycles. The molecule has 0 saturated heterocycles. The van der Waals surface area contributed by atoms with Crippen molar-refractivity contribution < 1.29 is 13.9 Å². The maximum Gasteiger partial charge on any atom is 0.351 e. The van der Waals surface area contributed by atoms with Crippen LogP contribution < -0.4 is 0 Å². The van der Waals surface area contributed by atoms with Crippen LogP contribution in [0.15, 0.2) is 36.7 Å². The van der Waals surface area contributed by atoms with Crippen molar-refractivity contribution in [2.45, 2.75) is 11.5 Å². The van der Waals surface area contributed by atoms with Gasteiger partial charge in [0.05, 0.1) is 0 Å². The number of pyridine rings is 1. The summed E-state index contributed by atoms with van der Waals surface area (Å²) in [4.78, 5) is 3.80. The lowest BCUT2D eigenvalue weighted by Crippen LogP contribution is -2.19. The van der Waals surface area contributed by atoms with E-state index in [4.69, 9.17) is 11.6 Å². The SMILES string of the molecule is OC(c1cncc2ccccc12)C(F)(F)Cl. The molecule has 16 heavy (non-hydrogen) atoms. The Kier molecular flexibility index (Phi) is 2.78. The number of fused-ring (bicyclic) bond motifs is 1. The van der Waals surface area contributed by atoms with Crippen molar-refractivity contribution in [2.24, 2.45) is 0 Å². The van der Waals surface area contributed by atoms with Crippen molar-refractivity contribution in [1.82, 2.24) is 4.98 Å². The van der Waals surface area contributed by atoms with Gasteiger partial charge in [-0.2, -0.15) is 8.78 Å². The van der Waals surface area contributed by atoms with E-state index < -0.39 is 11.5 Å². The summed E-state index contributed by atoms with van der Waals surface area (Å²) in [6, 6.07) is 6.83. The first-order valence-electron chi connectivity index (χ1n) is 4.57. The van der Waals surface area contributed by atoms with Gasteiger partial charge in [0.2, 0.25) is 0 Å². The van der Waals surface area contributed by atoms with Crippen molar-refractivity contribution in [2.75, 3.05) is 0 Å². The molecule has 1 atom stereocenters. The lowest BCUT2D eigenvalue weighted by atomic mass is 10.0. The molecule has 2 aromatic rings. The van der Waals surface area contributed by atoms with E-state index in [1.54, 1.807) is 24.3 Å². The molecular weight excluding hydrogens is 236 g/mol. The molecule has 5 heteroatoms. The van der Waals surface area contributed by atoms with Crippen LogP contribution >= 0.6 is 11.6 Å². The van der Waals surface area contributed by atoms with Crippen LogP contribution in [0.2, 0.25) is 0 Å². The van der Waals surface area contributed by atoms with Crippen LogP contribution in [-0.4, -0.2) is 15.5 Å². The number of hydrogen-bond donors (Lipinski definition) is 1. The smallest absolute Gasteiger partial charge is 0.351 e. The minimum absolute atomic E-state index is 0.0260. The first-order valence-corrected chi connectivity index (χ1v) is 4.95. The fourth-order valence-electron chi connectivity index (χ4n) is 1.53. The summed E-state index contributed by atoms with van der Waals surface area (Å²) in [5, 5.41) is 6.93. The summed E-state index contributed by atoms with van der Waals surface area (Å²) in [6.45, 7) is 0. The number of rotatable bonds is 2. The Bertz CT molecular complexity index is 507. The highest BCUT2D eigenvalue weighted by atomic mass is 35.5. The number of aliphatic hydroxyl groups excluding tert-OH is 1. The highest BCUT2D eigenvalue weighted by Crippen LogP contribution is 2.37. The van der Waals surface area contributed by atoms with Gasteiger partial charge in [-0.25, -0.2) is 0 Å². The zero-order valence-electron chi connectivity index (χ0n) is 8.07. The van der Waals surface area contributed by atoms with Crippen molar-refractivity contribution in [3.05, 3.63) is 42.2 Å². The van der Waals surface area contributed by atoms with Crippen LogP contribution in [0.5, 0.6) is 0 Å². The Hall–Kier alpha value is -1.26. The van der Waals surface area contributed by atoms with Crippen LogP contribution in [0.3, 0.4) is 0 Å². The Balaban J connectivity index is 2.61. The van der Waals surface area contributed by atoms with Gasteiger partial charge >= 0.3 is 5.38 Å². The van der Waals surface area contributed by atoms with E-state index in [1.165, 1.54) is 12.4 Å². The molecule has 1 unspecified atom stereocenters. The van der Waals surface area contributed by atoms with E-state index in [0.717, 1.165) is 0 Å². The topological polar surface area (TPSA) is 33.1 Å². The molecule has 0 aliphatic rings. The standard InChI is InChI=1S/C11H8ClF2NO/c12-11(13,14)10(16)9-6-15-5-7-3-1-2-4-8(7)9/h1-6,10,16H. The normalized spacial score (nSPS) is 14.0. The molecule has 1 aromatic heterocycles. The van der Waals surface area contributed by atoms with E-state index >= 15 is 0 Å². The molecule has 0 radical (unpaired) electrons. The molecule has 1 N–H and O–H groups in total. The van der Waals surface area contributed by atoms with Gasteiger partial charge in [-0.15, -0.1) is 0 Å². The molecule has 0 spiro atoms. The fraction of sp³-hybridized carbons (Fsp3) is 0.182. The number of hydrogen-bond acceptors (Lipinski definition) is 2. The largest absolute Gasteiger partial charge is 0.381 e. The first kappa shape index (κ1) is 11.2. The molecule has 1 aromatic carbocycles. The van der Waals surface area contributed by atoms with Gasteiger partial charge in [-0.05, 0) is 17.0 Å². The van der Waals surface area contributed by atoms with E-state index in [-0.39, 0.29) is 5.56 Å². The minimum atomic E-state index is -3.70. The zero-order valence-corrected chi connectivity index (χ0v) is 8.83. The third-order valence-corrected chi connectivity index (χ3v) is 2.51. The number of nitrogens with zero attached hydrogens (tertiary/aromatic N) is 1. The molecule has 0 aliphatic carbocycles. The predicted octanol–water partition coefficient (Wildman–Crippen LogP) is 3.10. The summed E-state index contributed by atoms with van der Waals surface area (Å²) in [6.07, 6.45) is 0.675. The van der Waals surface area contributed by atoms with Gasteiger partial charge in [0.25, 0.3) is 0 Å². The van der Waals surface area contributed by atoms with E-state index in [9.17, 15) is 13.9 Å². The molecule has 2 rings (SSSR count). The molecule has 0 saturated carbocycles. The lowest BCUT2D eigenvalue weighted by molar-refractivity contribution is -0.0418. The second kappa shape index (κ2) is 3.96. The van der Waals surface area contributed by atoms with Gasteiger partial charge in [-0.3, -0.25) is 4.98 Å². The monoisotopic (exact) mass is 243 g/mol. The molecule has 84 valence electrons. The van der Waals surface area contributed by atoms with Crippen LogP contribution in [0, 0.1) is 0 Å². The van der Waals surface area contributed by atoms with Gasteiger partial charge in [0.1, 0.15) is 0 Å². The van der Waals surface area contributed by atoms with Crippen LogP contribution in [-0.2, 0) is 0 Å².